The number of carbonyl (C=O) groups is 1. The number of hydrogen-bond acceptors (Lipinski definition) is 3. The maximum absolute atomic E-state index is 11.7. The molecule has 88 valence electrons. The Morgan fingerprint density at radius 2 is 2.25 bits per heavy atom. The second kappa shape index (κ2) is 5.72. The van der Waals surface area contributed by atoms with Gasteiger partial charge in [-0.2, -0.15) is 0 Å². The highest BCUT2D eigenvalue weighted by Crippen LogP contribution is 2.21. The van der Waals surface area contributed by atoms with Gasteiger partial charge in [-0.3, -0.25) is 4.79 Å². The molecule has 1 rings (SSSR count). The predicted octanol–water partition coefficient (Wildman–Crippen LogP) is 1.55. The van der Waals surface area contributed by atoms with Crippen LogP contribution in [-0.2, 0) is 0 Å². The minimum Gasteiger partial charge on any atom is -0.507 e. The molecule has 1 atom stereocenters. The van der Waals surface area contributed by atoms with E-state index in [2.05, 4.69) is 5.32 Å². The third-order valence-corrected chi connectivity index (χ3v) is 2.49. The normalized spacial score (nSPS) is 12.2. The first-order chi connectivity index (χ1) is 7.58. The van der Waals surface area contributed by atoms with Crippen LogP contribution in [0.25, 0.3) is 0 Å². The minimum absolute atomic E-state index is 0.111. The first-order valence-corrected chi connectivity index (χ1v) is 5.36. The van der Waals surface area contributed by atoms with Gasteiger partial charge in [0.25, 0.3) is 5.91 Å². The summed E-state index contributed by atoms with van der Waals surface area (Å²) in [6, 6.07) is 3.93. The van der Waals surface area contributed by atoms with Crippen molar-refractivity contribution in [3.63, 3.8) is 0 Å². The fraction of sp³-hybridized carbons (Fsp3) is 0.364. The molecule has 0 aliphatic rings. The first-order valence-electron chi connectivity index (χ1n) is 4.98. The Bertz CT molecular complexity index is 377. The molecule has 0 saturated heterocycles. The molecule has 1 amide bonds. The van der Waals surface area contributed by atoms with E-state index >= 15 is 0 Å². The monoisotopic (exact) mass is 243 g/mol. The number of amides is 1. The number of phenols is 1. The van der Waals surface area contributed by atoms with Gasteiger partial charge >= 0.3 is 0 Å². The van der Waals surface area contributed by atoms with Crippen LogP contribution in [0.5, 0.6) is 5.75 Å². The molecule has 16 heavy (non-hydrogen) atoms. The molecule has 0 bridgehead atoms. The molecule has 0 heterocycles. The highest BCUT2D eigenvalue weighted by Gasteiger charge is 2.14. The highest BCUT2D eigenvalue weighted by molar-refractivity contribution is 6.31. The molecule has 1 aromatic rings. The lowest BCUT2D eigenvalue weighted by molar-refractivity contribution is 0.0912. The number of halogens is 1. The SMILES string of the molecule is CCC(CO)NC(=O)c1cc(Cl)ccc1O. The van der Waals surface area contributed by atoms with Gasteiger partial charge < -0.3 is 15.5 Å². The third kappa shape index (κ3) is 3.12. The third-order valence-electron chi connectivity index (χ3n) is 2.25. The topological polar surface area (TPSA) is 69.6 Å². The minimum atomic E-state index is -0.444. The average molecular weight is 244 g/mol. The van der Waals surface area contributed by atoms with Crippen molar-refractivity contribution in [2.75, 3.05) is 6.61 Å². The number of carbonyl (C=O) groups excluding carboxylic acids is 1. The summed E-state index contributed by atoms with van der Waals surface area (Å²) in [5, 5.41) is 21.4. The summed E-state index contributed by atoms with van der Waals surface area (Å²) in [4.78, 5) is 11.7. The molecule has 0 spiro atoms. The van der Waals surface area contributed by atoms with E-state index in [1.807, 2.05) is 6.92 Å². The smallest absolute Gasteiger partial charge is 0.255 e. The fourth-order valence-corrected chi connectivity index (χ4v) is 1.40. The summed E-state index contributed by atoms with van der Waals surface area (Å²) in [6.07, 6.45) is 0.615. The number of phenolic OH excluding ortho intramolecular Hbond substituents is 1. The van der Waals surface area contributed by atoms with E-state index in [9.17, 15) is 9.90 Å². The van der Waals surface area contributed by atoms with Crippen LogP contribution in [0.15, 0.2) is 18.2 Å². The Kier molecular flexibility index (Phi) is 4.58. The summed E-state index contributed by atoms with van der Waals surface area (Å²) < 4.78 is 0. The zero-order valence-electron chi connectivity index (χ0n) is 8.90. The van der Waals surface area contributed by atoms with E-state index in [1.54, 1.807) is 0 Å². The lowest BCUT2D eigenvalue weighted by Gasteiger charge is -2.14. The molecule has 1 unspecified atom stereocenters. The number of rotatable bonds is 4. The van der Waals surface area contributed by atoms with Crippen molar-refractivity contribution in [1.29, 1.82) is 0 Å². The maximum Gasteiger partial charge on any atom is 0.255 e. The largest absolute Gasteiger partial charge is 0.507 e. The lowest BCUT2D eigenvalue weighted by atomic mass is 10.1. The molecule has 0 fully saturated rings. The number of benzene rings is 1. The zero-order chi connectivity index (χ0) is 12.1. The summed E-state index contributed by atoms with van der Waals surface area (Å²) in [5.41, 5.74) is 0.111. The number of aliphatic hydroxyl groups excluding tert-OH is 1. The van der Waals surface area contributed by atoms with Gasteiger partial charge in [-0.15, -0.1) is 0 Å². The van der Waals surface area contributed by atoms with Gasteiger partial charge in [-0.1, -0.05) is 18.5 Å². The number of hydrogen-bond donors (Lipinski definition) is 3. The number of aliphatic hydroxyl groups is 1. The van der Waals surface area contributed by atoms with Crippen LogP contribution >= 0.6 is 11.6 Å². The summed E-state index contributed by atoms with van der Waals surface area (Å²) >= 11 is 5.72. The molecule has 4 nitrogen and oxygen atoms in total. The van der Waals surface area contributed by atoms with E-state index in [0.717, 1.165) is 0 Å². The van der Waals surface area contributed by atoms with Gasteiger partial charge in [0.05, 0.1) is 18.2 Å². The quantitative estimate of drug-likeness (QED) is 0.752. The standard InChI is InChI=1S/C11H14ClNO3/c1-2-8(6-14)13-11(16)9-5-7(12)3-4-10(9)15/h3-5,8,14-15H,2,6H2,1H3,(H,13,16). The van der Waals surface area contributed by atoms with E-state index < -0.39 is 5.91 Å². The summed E-state index contributed by atoms with van der Waals surface area (Å²) in [6.45, 7) is 1.71. The van der Waals surface area contributed by atoms with Crippen molar-refractivity contribution in [3.05, 3.63) is 28.8 Å². The Labute approximate surface area is 98.9 Å². The van der Waals surface area contributed by atoms with Crippen molar-refractivity contribution in [2.45, 2.75) is 19.4 Å². The van der Waals surface area contributed by atoms with Crippen molar-refractivity contribution in [3.8, 4) is 5.75 Å². The van der Waals surface area contributed by atoms with E-state index in [1.165, 1.54) is 18.2 Å². The van der Waals surface area contributed by atoms with E-state index in [0.29, 0.717) is 11.4 Å². The van der Waals surface area contributed by atoms with Crippen LogP contribution < -0.4 is 5.32 Å². The molecule has 5 heteroatoms. The summed E-state index contributed by atoms with van der Waals surface area (Å²) in [5.74, 6) is -0.574. The second-order valence-electron chi connectivity index (χ2n) is 3.42. The van der Waals surface area contributed by atoms with Crippen LogP contribution in [0.4, 0.5) is 0 Å². The van der Waals surface area contributed by atoms with Gasteiger partial charge in [0.2, 0.25) is 0 Å². The average Bonchev–Trinajstić information content (AvgIpc) is 2.28. The van der Waals surface area contributed by atoms with Crippen LogP contribution in [0.3, 0.4) is 0 Å². The number of nitrogens with one attached hydrogen (secondary N) is 1. The molecular formula is C11H14ClNO3. The molecule has 3 N–H and O–H groups in total. The second-order valence-corrected chi connectivity index (χ2v) is 3.86. The van der Waals surface area contributed by atoms with Gasteiger partial charge in [0.1, 0.15) is 5.75 Å². The molecule has 0 aromatic heterocycles. The van der Waals surface area contributed by atoms with Gasteiger partial charge in [0.15, 0.2) is 0 Å². The fourth-order valence-electron chi connectivity index (χ4n) is 1.23. The number of aromatic hydroxyl groups is 1. The Balaban J connectivity index is 2.83. The first kappa shape index (κ1) is 12.8. The molecular weight excluding hydrogens is 230 g/mol. The van der Waals surface area contributed by atoms with E-state index in [-0.39, 0.29) is 24.0 Å². The molecule has 0 saturated carbocycles. The molecule has 0 radical (unpaired) electrons. The maximum atomic E-state index is 11.7. The van der Waals surface area contributed by atoms with Crippen LogP contribution in [0, 0.1) is 0 Å². The van der Waals surface area contributed by atoms with Crippen molar-refractivity contribution < 1.29 is 15.0 Å². The van der Waals surface area contributed by atoms with E-state index in [4.69, 9.17) is 16.7 Å². The Morgan fingerprint density at radius 3 is 2.81 bits per heavy atom. The Morgan fingerprint density at radius 1 is 1.56 bits per heavy atom. The Hall–Kier alpha value is -1.26. The molecule has 1 aromatic carbocycles. The zero-order valence-corrected chi connectivity index (χ0v) is 9.66. The molecule has 0 aliphatic carbocycles. The van der Waals surface area contributed by atoms with Crippen LogP contribution in [0.2, 0.25) is 5.02 Å². The van der Waals surface area contributed by atoms with Gasteiger partial charge in [0, 0.05) is 5.02 Å². The highest BCUT2D eigenvalue weighted by atomic mass is 35.5. The lowest BCUT2D eigenvalue weighted by Crippen LogP contribution is -2.36. The van der Waals surface area contributed by atoms with Gasteiger partial charge in [-0.05, 0) is 24.6 Å². The van der Waals surface area contributed by atoms with Crippen molar-refractivity contribution in [2.24, 2.45) is 0 Å². The van der Waals surface area contributed by atoms with Crippen molar-refractivity contribution >= 4 is 17.5 Å². The van der Waals surface area contributed by atoms with Crippen LogP contribution in [0.1, 0.15) is 23.7 Å². The predicted molar refractivity (Wildman–Crippen MR) is 61.7 cm³/mol. The van der Waals surface area contributed by atoms with Gasteiger partial charge in [-0.25, -0.2) is 0 Å². The van der Waals surface area contributed by atoms with Crippen LogP contribution in [-0.4, -0.2) is 28.8 Å². The molecule has 0 aliphatic heterocycles. The van der Waals surface area contributed by atoms with Crippen molar-refractivity contribution in [1.82, 2.24) is 5.32 Å². The summed E-state index contributed by atoms with van der Waals surface area (Å²) in [7, 11) is 0.